The number of halogens is 3. The maximum atomic E-state index is 11.9. The summed E-state index contributed by atoms with van der Waals surface area (Å²) >= 11 is 0.0148. The third-order valence-electron chi connectivity index (χ3n) is 2.65. The molecule has 0 saturated carbocycles. The number of rotatable bonds is 5. The molecule has 106 valence electrons. The van der Waals surface area contributed by atoms with Crippen LogP contribution < -0.4 is 5.73 Å². The molecule has 0 atom stereocenters. The summed E-state index contributed by atoms with van der Waals surface area (Å²) in [5.74, 6) is 0.208. The fourth-order valence-electron chi connectivity index (χ4n) is 1.72. The molecule has 0 bridgehead atoms. The zero-order chi connectivity index (χ0) is 13.6. The summed E-state index contributed by atoms with van der Waals surface area (Å²) in [5.41, 5.74) is 1.24. The third kappa shape index (κ3) is 6.31. The smallest absolute Gasteiger partial charge is 0.409 e. The van der Waals surface area contributed by atoms with Gasteiger partial charge in [-0.25, -0.2) is 0 Å². The lowest BCUT2D eigenvalue weighted by molar-refractivity contribution is -0.0329. The number of amidine groups is 1. The van der Waals surface area contributed by atoms with Gasteiger partial charge in [-0.1, -0.05) is 5.16 Å². The Hall–Kier alpha value is -0.670. The topological polar surface area (TPSA) is 65.1 Å². The molecule has 1 rings (SSSR count). The van der Waals surface area contributed by atoms with Crippen LogP contribution in [-0.2, 0) is 0 Å². The summed E-state index contributed by atoms with van der Waals surface area (Å²) in [6, 6.07) is 0. The average Bonchev–Trinajstić information content (AvgIpc) is 2.29. The molecule has 1 heterocycles. The molecular formula is C9H17F3N4OS. The minimum absolute atomic E-state index is 0.0148. The van der Waals surface area contributed by atoms with E-state index in [9.17, 15) is 13.2 Å². The number of hydrogen-bond acceptors (Lipinski definition) is 5. The van der Waals surface area contributed by atoms with Gasteiger partial charge in [0.2, 0.25) is 0 Å². The van der Waals surface area contributed by atoms with Crippen molar-refractivity contribution >= 4 is 17.6 Å². The van der Waals surface area contributed by atoms with E-state index >= 15 is 0 Å². The summed E-state index contributed by atoms with van der Waals surface area (Å²) in [7, 11) is 0. The lowest BCUT2D eigenvalue weighted by Crippen LogP contribution is -2.49. The Balaban J connectivity index is 2.16. The molecule has 9 heteroatoms. The van der Waals surface area contributed by atoms with Crippen molar-refractivity contribution in [3.05, 3.63) is 0 Å². The van der Waals surface area contributed by atoms with Crippen molar-refractivity contribution < 1.29 is 18.4 Å². The predicted octanol–water partition coefficient (Wildman–Crippen LogP) is 0.603. The highest BCUT2D eigenvalue weighted by Crippen LogP contribution is 2.29. The molecule has 1 fully saturated rings. The standard InChI is InChI=1S/C9H17F3N4OS/c10-9(11,12)18-6-5-15-1-3-16(4-2-15)7-8(13)14-17/h17H,1-7H2,(H2,13,14). The van der Waals surface area contributed by atoms with Crippen LogP contribution in [0.3, 0.4) is 0 Å². The van der Waals surface area contributed by atoms with Gasteiger partial charge in [0.15, 0.2) is 5.84 Å². The maximum absolute atomic E-state index is 11.9. The second kappa shape index (κ2) is 7.05. The van der Waals surface area contributed by atoms with Gasteiger partial charge in [-0.3, -0.25) is 9.80 Å². The van der Waals surface area contributed by atoms with E-state index in [1.165, 1.54) is 0 Å². The van der Waals surface area contributed by atoms with E-state index in [1.807, 2.05) is 9.80 Å². The van der Waals surface area contributed by atoms with Gasteiger partial charge in [-0.2, -0.15) is 13.2 Å². The molecule has 0 aromatic rings. The molecule has 5 nitrogen and oxygen atoms in total. The molecule has 0 radical (unpaired) electrons. The van der Waals surface area contributed by atoms with E-state index in [1.54, 1.807) is 0 Å². The van der Waals surface area contributed by atoms with E-state index in [0.29, 0.717) is 39.3 Å². The average molecular weight is 286 g/mol. The Morgan fingerprint density at radius 3 is 2.28 bits per heavy atom. The lowest BCUT2D eigenvalue weighted by atomic mass is 10.3. The molecular weight excluding hydrogens is 269 g/mol. The Morgan fingerprint density at radius 1 is 1.22 bits per heavy atom. The minimum atomic E-state index is -4.14. The SMILES string of the molecule is NC(CN1CCN(CCSC(F)(F)F)CC1)=NO. The predicted molar refractivity (Wildman–Crippen MR) is 64.8 cm³/mol. The first-order valence-electron chi connectivity index (χ1n) is 5.52. The van der Waals surface area contributed by atoms with Crippen molar-refractivity contribution in [3.63, 3.8) is 0 Å². The van der Waals surface area contributed by atoms with E-state index in [0.717, 1.165) is 0 Å². The molecule has 1 aliphatic rings. The first kappa shape index (κ1) is 15.4. The number of nitrogens with two attached hydrogens (primary N) is 1. The normalized spacial score (nSPS) is 20.3. The van der Waals surface area contributed by atoms with E-state index in [-0.39, 0.29) is 23.4 Å². The zero-order valence-corrected chi connectivity index (χ0v) is 10.7. The van der Waals surface area contributed by atoms with Gasteiger partial charge in [0, 0.05) is 38.5 Å². The summed E-state index contributed by atoms with van der Waals surface area (Å²) < 4.78 is 35.8. The van der Waals surface area contributed by atoms with Gasteiger partial charge in [0.05, 0.1) is 6.54 Å². The number of nitrogens with zero attached hydrogens (tertiary/aromatic N) is 3. The first-order valence-corrected chi connectivity index (χ1v) is 6.51. The molecule has 0 amide bonds. The van der Waals surface area contributed by atoms with Crippen LogP contribution in [0.2, 0.25) is 0 Å². The fourth-order valence-corrected chi connectivity index (χ4v) is 2.30. The summed E-state index contributed by atoms with van der Waals surface area (Å²) in [5, 5.41) is 11.3. The second-order valence-corrected chi connectivity index (χ2v) is 5.16. The summed E-state index contributed by atoms with van der Waals surface area (Å²) in [6.45, 7) is 3.66. The van der Waals surface area contributed by atoms with Crippen LogP contribution in [0.5, 0.6) is 0 Å². The number of oxime groups is 1. The fraction of sp³-hybridized carbons (Fsp3) is 0.889. The Labute approximate surface area is 108 Å². The Bertz CT molecular complexity index is 279. The molecule has 0 aromatic carbocycles. The van der Waals surface area contributed by atoms with E-state index in [2.05, 4.69) is 5.16 Å². The Morgan fingerprint density at radius 2 is 1.78 bits per heavy atom. The summed E-state index contributed by atoms with van der Waals surface area (Å²) in [4.78, 5) is 3.99. The van der Waals surface area contributed by atoms with Gasteiger partial charge < -0.3 is 10.9 Å². The lowest BCUT2D eigenvalue weighted by Gasteiger charge is -2.34. The van der Waals surface area contributed by atoms with Crippen molar-refractivity contribution in [1.82, 2.24) is 9.80 Å². The quantitative estimate of drug-likeness (QED) is 0.335. The van der Waals surface area contributed by atoms with E-state index in [4.69, 9.17) is 10.9 Å². The number of alkyl halides is 3. The largest absolute Gasteiger partial charge is 0.441 e. The molecule has 0 aromatic heterocycles. The highest BCUT2D eigenvalue weighted by molar-refractivity contribution is 8.00. The van der Waals surface area contributed by atoms with E-state index < -0.39 is 5.51 Å². The molecule has 0 spiro atoms. The van der Waals surface area contributed by atoms with Crippen molar-refractivity contribution in [2.75, 3.05) is 45.0 Å². The molecule has 1 saturated heterocycles. The van der Waals surface area contributed by atoms with Crippen LogP contribution in [0.25, 0.3) is 0 Å². The van der Waals surface area contributed by atoms with Gasteiger partial charge in [-0.15, -0.1) is 0 Å². The van der Waals surface area contributed by atoms with Gasteiger partial charge >= 0.3 is 5.51 Å². The van der Waals surface area contributed by atoms with Crippen molar-refractivity contribution in [1.29, 1.82) is 0 Å². The first-order chi connectivity index (χ1) is 8.40. The van der Waals surface area contributed by atoms with Crippen LogP contribution in [0.4, 0.5) is 13.2 Å². The molecule has 1 aliphatic heterocycles. The van der Waals surface area contributed by atoms with Crippen molar-refractivity contribution in [2.45, 2.75) is 5.51 Å². The van der Waals surface area contributed by atoms with Crippen LogP contribution in [-0.4, -0.2) is 71.4 Å². The molecule has 0 unspecified atom stereocenters. The molecule has 0 aliphatic carbocycles. The van der Waals surface area contributed by atoms with Crippen molar-refractivity contribution in [2.24, 2.45) is 10.9 Å². The van der Waals surface area contributed by atoms with Crippen molar-refractivity contribution in [3.8, 4) is 0 Å². The Kier molecular flexibility index (Phi) is 6.03. The number of piperazine rings is 1. The monoisotopic (exact) mass is 286 g/mol. The maximum Gasteiger partial charge on any atom is 0.441 e. The van der Waals surface area contributed by atoms with Gasteiger partial charge in [-0.05, 0) is 11.8 Å². The third-order valence-corrected chi connectivity index (χ3v) is 3.37. The number of hydrogen-bond donors (Lipinski definition) is 2. The molecule has 18 heavy (non-hydrogen) atoms. The van der Waals surface area contributed by atoms with Crippen LogP contribution in [0.15, 0.2) is 5.16 Å². The van der Waals surface area contributed by atoms with Crippen LogP contribution in [0.1, 0.15) is 0 Å². The van der Waals surface area contributed by atoms with Crippen LogP contribution in [0, 0.1) is 0 Å². The summed E-state index contributed by atoms with van der Waals surface area (Å²) in [6.07, 6.45) is 0. The molecule has 3 N–H and O–H groups in total. The highest BCUT2D eigenvalue weighted by atomic mass is 32.2. The zero-order valence-electron chi connectivity index (χ0n) is 9.86. The number of thioether (sulfide) groups is 1. The van der Waals surface area contributed by atoms with Gasteiger partial charge in [0.1, 0.15) is 0 Å². The van der Waals surface area contributed by atoms with Gasteiger partial charge in [0.25, 0.3) is 0 Å². The minimum Gasteiger partial charge on any atom is -0.409 e. The van der Waals surface area contributed by atoms with Crippen LogP contribution >= 0.6 is 11.8 Å². The highest BCUT2D eigenvalue weighted by Gasteiger charge is 2.28. The second-order valence-electron chi connectivity index (χ2n) is 4.00.